The smallest absolute Gasteiger partial charge is 0.196 e. The fourth-order valence-electron chi connectivity index (χ4n) is 2.25. The van der Waals surface area contributed by atoms with Crippen LogP contribution in [0.5, 0.6) is 0 Å². The summed E-state index contributed by atoms with van der Waals surface area (Å²) in [7, 11) is 0. The van der Waals surface area contributed by atoms with Crippen molar-refractivity contribution in [2.75, 3.05) is 0 Å². The van der Waals surface area contributed by atoms with Crippen LogP contribution >= 0.6 is 27.5 Å². The van der Waals surface area contributed by atoms with Crippen LogP contribution in [-0.2, 0) is 0 Å². The first-order chi connectivity index (χ1) is 9.58. The Kier molecular flexibility index (Phi) is 3.40. The summed E-state index contributed by atoms with van der Waals surface area (Å²) in [6, 6.07) is 11.3. The number of aromatic amines is 1. The lowest BCUT2D eigenvalue weighted by atomic mass is 10.0. The van der Waals surface area contributed by atoms with E-state index in [9.17, 15) is 4.79 Å². The summed E-state index contributed by atoms with van der Waals surface area (Å²) in [5.41, 5.74) is 3.25. The van der Waals surface area contributed by atoms with Gasteiger partial charge in [-0.1, -0.05) is 29.8 Å². The molecule has 0 unspecified atom stereocenters. The van der Waals surface area contributed by atoms with E-state index in [4.69, 9.17) is 11.6 Å². The van der Waals surface area contributed by atoms with Crippen molar-refractivity contribution in [1.82, 2.24) is 4.98 Å². The van der Waals surface area contributed by atoms with Crippen LogP contribution in [0.2, 0.25) is 5.02 Å². The van der Waals surface area contributed by atoms with Gasteiger partial charge in [0.2, 0.25) is 0 Å². The maximum absolute atomic E-state index is 12.7. The molecule has 0 fully saturated rings. The monoisotopic (exact) mass is 347 g/mol. The largest absolute Gasteiger partial charge is 0.360 e. The minimum Gasteiger partial charge on any atom is -0.360 e. The standard InChI is InChI=1S/C16H11BrClNO/c1-9-5-6-10-12(8-19-14(10)7-9)16(20)11-3-2-4-13(17)15(11)18/h2-8,19H,1H3. The van der Waals surface area contributed by atoms with E-state index < -0.39 is 0 Å². The van der Waals surface area contributed by atoms with Crippen LogP contribution in [0, 0.1) is 6.92 Å². The van der Waals surface area contributed by atoms with Gasteiger partial charge >= 0.3 is 0 Å². The summed E-state index contributed by atoms with van der Waals surface area (Å²) in [5.74, 6) is -0.0774. The number of carbonyl (C=O) groups excluding carboxylic acids is 1. The highest BCUT2D eigenvalue weighted by atomic mass is 79.9. The summed E-state index contributed by atoms with van der Waals surface area (Å²) in [6.45, 7) is 2.02. The van der Waals surface area contributed by atoms with Gasteiger partial charge in [-0.05, 0) is 46.6 Å². The SMILES string of the molecule is Cc1ccc2c(C(=O)c3cccc(Br)c3Cl)c[nH]c2c1. The third-order valence-corrected chi connectivity index (χ3v) is 4.57. The molecule has 0 aliphatic heterocycles. The summed E-state index contributed by atoms with van der Waals surface area (Å²) >= 11 is 9.55. The molecule has 0 atom stereocenters. The molecule has 3 aromatic rings. The highest BCUT2D eigenvalue weighted by Crippen LogP contribution is 2.29. The van der Waals surface area contributed by atoms with Crippen LogP contribution in [-0.4, -0.2) is 10.8 Å². The van der Waals surface area contributed by atoms with Gasteiger partial charge in [0.15, 0.2) is 5.78 Å². The number of halogens is 2. The second-order valence-electron chi connectivity index (χ2n) is 4.68. The van der Waals surface area contributed by atoms with Crippen molar-refractivity contribution < 1.29 is 4.79 Å². The number of carbonyl (C=O) groups is 1. The third kappa shape index (κ3) is 2.17. The van der Waals surface area contributed by atoms with Gasteiger partial charge in [0.1, 0.15) is 0 Å². The first-order valence-corrected chi connectivity index (χ1v) is 7.31. The zero-order valence-corrected chi connectivity index (χ0v) is 13.0. The second kappa shape index (κ2) is 5.08. The number of fused-ring (bicyclic) bond motifs is 1. The van der Waals surface area contributed by atoms with E-state index in [0.717, 1.165) is 20.9 Å². The molecule has 0 aliphatic rings. The Hall–Kier alpha value is -1.58. The highest BCUT2D eigenvalue weighted by molar-refractivity contribution is 9.10. The molecule has 0 spiro atoms. The summed E-state index contributed by atoms with van der Waals surface area (Å²) in [5, 5.41) is 1.36. The molecule has 2 nitrogen and oxygen atoms in total. The Morgan fingerprint density at radius 1 is 1.20 bits per heavy atom. The van der Waals surface area contributed by atoms with Crippen molar-refractivity contribution in [3.8, 4) is 0 Å². The molecule has 3 rings (SSSR count). The number of H-pyrrole nitrogens is 1. The fourth-order valence-corrected chi connectivity index (χ4v) is 2.83. The number of nitrogens with one attached hydrogen (secondary N) is 1. The van der Waals surface area contributed by atoms with E-state index in [0.29, 0.717) is 16.1 Å². The summed E-state index contributed by atoms with van der Waals surface area (Å²) < 4.78 is 0.723. The zero-order valence-electron chi connectivity index (χ0n) is 10.7. The maximum atomic E-state index is 12.7. The van der Waals surface area contributed by atoms with Crippen LogP contribution in [0.3, 0.4) is 0 Å². The topological polar surface area (TPSA) is 32.9 Å². The second-order valence-corrected chi connectivity index (χ2v) is 5.91. The van der Waals surface area contributed by atoms with Gasteiger partial charge in [-0.25, -0.2) is 0 Å². The van der Waals surface area contributed by atoms with E-state index >= 15 is 0 Å². The Morgan fingerprint density at radius 2 is 2.00 bits per heavy atom. The molecule has 0 radical (unpaired) electrons. The Morgan fingerprint density at radius 3 is 2.80 bits per heavy atom. The predicted molar refractivity (Wildman–Crippen MR) is 85.6 cm³/mol. The van der Waals surface area contributed by atoms with E-state index in [-0.39, 0.29) is 5.78 Å². The van der Waals surface area contributed by atoms with E-state index in [1.165, 1.54) is 0 Å². The molecule has 4 heteroatoms. The molecule has 0 saturated carbocycles. The number of aromatic nitrogens is 1. The molecule has 0 amide bonds. The predicted octanol–water partition coefficient (Wildman–Crippen LogP) is 5.12. The molecule has 2 aromatic carbocycles. The lowest BCUT2D eigenvalue weighted by Crippen LogP contribution is -2.01. The van der Waals surface area contributed by atoms with Crippen molar-refractivity contribution in [2.45, 2.75) is 6.92 Å². The molecule has 100 valence electrons. The molecule has 20 heavy (non-hydrogen) atoms. The maximum Gasteiger partial charge on any atom is 0.196 e. The van der Waals surface area contributed by atoms with Crippen molar-refractivity contribution >= 4 is 44.2 Å². The highest BCUT2D eigenvalue weighted by Gasteiger charge is 2.17. The molecule has 1 N–H and O–H groups in total. The van der Waals surface area contributed by atoms with Crippen molar-refractivity contribution in [1.29, 1.82) is 0 Å². The molecule has 1 aromatic heterocycles. The number of ketones is 1. The number of benzene rings is 2. The molecule has 1 heterocycles. The van der Waals surface area contributed by atoms with Gasteiger partial charge in [-0.15, -0.1) is 0 Å². The molecular weight excluding hydrogens is 338 g/mol. The van der Waals surface area contributed by atoms with Crippen molar-refractivity contribution in [3.63, 3.8) is 0 Å². The number of aryl methyl sites for hydroxylation is 1. The first-order valence-electron chi connectivity index (χ1n) is 6.14. The van der Waals surface area contributed by atoms with Crippen LogP contribution in [0.25, 0.3) is 10.9 Å². The molecule has 0 aliphatic carbocycles. The number of hydrogen-bond acceptors (Lipinski definition) is 1. The third-order valence-electron chi connectivity index (χ3n) is 3.28. The first kappa shape index (κ1) is 13.4. The normalized spacial score (nSPS) is 10.9. The Balaban J connectivity index is 2.16. The van der Waals surface area contributed by atoms with Crippen LogP contribution in [0.1, 0.15) is 21.5 Å². The Labute approximate surface area is 129 Å². The molecule has 0 bridgehead atoms. The van der Waals surface area contributed by atoms with E-state index in [1.54, 1.807) is 12.3 Å². The average Bonchev–Trinajstić information content (AvgIpc) is 2.84. The van der Waals surface area contributed by atoms with Crippen molar-refractivity contribution in [3.05, 3.63) is 68.8 Å². The lowest BCUT2D eigenvalue weighted by Gasteiger charge is -2.04. The van der Waals surface area contributed by atoms with Gasteiger partial charge < -0.3 is 4.98 Å². The fraction of sp³-hybridized carbons (Fsp3) is 0.0625. The van der Waals surface area contributed by atoms with E-state index in [1.807, 2.05) is 37.3 Å². The van der Waals surface area contributed by atoms with Gasteiger partial charge in [-0.2, -0.15) is 0 Å². The van der Waals surface area contributed by atoms with Gasteiger partial charge in [0.25, 0.3) is 0 Å². The lowest BCUT2D eigenvalue weighted by molar-refractivity contribution is 0.104. The molecular formula is C16H11BrClNO. The minimum atomic E-state index is -0.0774. The number of rotatable bonds is 2. The summed E-state index contributed by atoms with van der Waals surface area (Å²) in [4.78, 5) is 15.8. The van der Waals surface area contributed by atoms with Crippen LogP contribution in [0.4, 0.5) is 0 Å². The Bertz CT molecular complexity index is 822. The molecule has 0 saturated heterocycles. The summed E-state index contributed by atoms with van der Waals surface area (Å²) in [6.07, 6.45) is 1.74. The quantitative estimate of drug-likeness (QED) is 0.640. The van der Waals surface area contributed by atoms with Crippen LogP contribution < -0.4 is 0 Å². The minimum absolute atomic E-state index is 0.0774. The van der Waals surface area contributed by atoms with Gasteiger partial charge in [0.05, 0.1) is 5.02 Å². The number of hydrogen-bond donors (Lipinski definition) is 1. The average molecular weight is 349 g/mol. The zero-order chi connectivity index (χ0) is 14.3. The van der Waals surface area contributed by atoms with Crippen LogP contribution in [0.15, 0.2) is 47.1 Å². The van der Waals surface area contributed by atoms with Gasteiger partial charge in [-0.3, -0.25) is 4.79 Å². The van der Waals surface area contributed by atoms with Gasteiger partial charge in [0, 0.05) is 32.7 Å². The van der Waals surface area contributed by atoms with E-state index in [2.05, 4.69) is 20.9 Å². The van der Waals surface area contributed by atoms with Crippen molar-refractivity contribution in [2.24, 2.45) is 0 Å².